The van der Waals surface area contributed by atoms with Gasteiger partial charge in [-0.1, -0.05) is 6.92 Å². The third-order valence-electron chi connectivity index (χ3n) is 2.92. The minimum absolute atomic E-state index is 0.145. The van der Waals surface area contributed by atoms with Gasteiger partial charge in [0.25, 0.3) is 0 Å². The van der Waals surface area contributed by atoms with Gasteiger partial charge >= 0.3 is 11.9 Å². The van der Waals surface area contributed by atoms with E-state index < -0.39 is 5.97 Å². The summed E-state index contributed by atoms with van der Waals surface area (Å²) >= 11 is 0. The number of hydrogen-bond donors (Lipinski definition) is 0. The molecule has 0 N–H and O–H groups in total. The highest BCUT2D eigenvalue weighted by Gasteiger charge is 2.16. The lowest BCUT2D eigenvalue weighted by Gasteiger charge is -2.22. The number of aryl methyl sites for hydroxylation is 1. The van der Waals surface area contributed by atoms with Crippen molar-refractivity contribution in [3.8, 4) is 0 Å². The number of ether oxygens (including phenoxy) is 2. The molecule has 0 aliphatic carbocycles. The molecular weight excluding hydrogens is 272 g/mol. The van der Waals surface area contributed by atoms with Gasteiger partial charge in [0.1, 0.15) is 12.4 Å². The van der Waals surface area contributed by atoms with Crippen molar-refractivity contribution in [1.82, 2.24) is 4.98 Å². The number of rotatable bonds is 7. The van der Waals surface area contributed by atoms with Gasteiger partial charge in [0.2, 0.25) is 0 Å². The molecule has 0 fully saturated rings. The van der Waals surface area contributed by atoms with E-state index >= 15 is 0 Å². The first-order valence-corrected chi connectivity index (χ1v) is 7.00. The quantitative estimate of drug-likeness (QED) is 0.716. The van der Waals surface area contributed by atoms with Crippen LogP contribution in [0.5, 0.6) is 0 Å². The summed E-state index contributed by atoms with van der Waals surface area (Å²) < 4.78 is 9.66. The molecule has 0 unspecified atom stereocenters. The van der Waals surface area contributed by atoms with Gasteiger partial charge in [-0.15, -0.1) is 0 Å². The molecule has 1 aromatic rings. The topological polar surface area (TPSA) is 68.7 Å². The highest BCUT2D eigenvalue weighted by molar-refractivity contribution is 5.90. The van der Waals surface area contributed by atoms with Crippen molar-refractivity contribution in [1.29, 1.82) is 0 Å². The number of anilines is 1. The van der Waals surface area contributed by atoms with Gasteiger partial charge < -0.3 is 14.4 Å². The van der Waals surface area contributed by atoms with Crippen LogP contribution < -0.4 is 4.90 Å². The first-order chi connectivity index (χ1) is 10.0. The Kier molecular flexibility index (Phi) is 6.65. The predicted molar refractivity (Wildman–Crippen MR) is 79.5 cm³/mol. The molecule has 116 valence electrons. The molecule has 0 aromatic carbocycles. The molecule has 0 saturated heterocycles. The molecule has 0 amide bonds. The van der Waals surface area contributed by atoms with Gasteiger partial charge in [0.05, 0.1) is 25.0 Å². The first-order valence-electron chi connectivity index (χ1n) is 7.00. The average Bonchev–Trinajstić information content (AvgIpc) is 2.46. The molecule has 0 bridgehead atoms. The summed E-state index contributed by atoms with van der Waals surface area (Å²) in [5.74, 6) is -0.0588. The zero-order chi connectivity index (χ0) is 15.8. The Morgan fingerprint density at radius 2 is 2.00 bits per heavy atom. The smallest absolute Gasteiger partial charge is 0.339 e. The summed E-state index contributed by atoms with van der Waals surface area (Å²) in [6.45, 7) is 6.72. The average molecular weight is 294 g/mol. The number of nitrogens with zero attached hydrogens (tertiary/aromatic N) is 2. The molecule has 21 heavy (non-hydrogen) atoms. The van der Waals surface area contributed by atoms with Crippen LogP contribution in [-0.4, -0.2) is 43.7 Å². The number of hydrogen-bond acceptors (Lipinski definition) is 6. The molecule has 6 heteroatoms. The van der Waals surface area contributed by atoms with E-state index in [9.17, 15) is 9.59 Å². The van der Waals surface area contributed by atoms with Crippen LogP contribution in [0.15, 0.2) is 12.1 Å². The molecule has 0 aliphatic heterocycles. The second-order valence-electron chi connectivity index (χ2n) is 4.52. The van der Waals surface area contributed by atoms with Gasteiger partial charge in [-0.25, -0.2) is 9.78 Å². The zero-order valence-corrected chi connectivity index (χ0v) is 13.0. The van der Waals surface area contributed by atoms with Gasteiger partial charge in [0, 0.05) is 6.54 Å². The lowest BCUT2D eigenvalue weighted by molar-refractivity contribution is -0.141. The Morgan fingerprint density at radius 3 is 2.52 bits per heavy atom. The first kappa shape index (κ1) is 16.9. The van der Waals surface area contributed by atoms with Crippen LogP contribution in [0.2, 0.25) is 0 Å². The number of carbonyl (C=O) groups is 2. The van der Waals surface area contributed by atoms with Crippen molar-refractivity contribution < 1.29 is 19.1 Å². The second-order valence-corrected chi connectivity index (χ2v) is 4.52. The minimum atomic E-state index is -0.418. The van der Waals surface area contributed by atoms with Gasteiger partial charge in [-0.3, -0.25) is 4.79 Å². The van der Waals surface area contributed by atoms with E-state index in [1.54, 1.807) is 26.0 Å². The maximum absolute atomic E-state index is 11.6. The molecule has 6 nitrogen and oxygen atoms in total. The van der Waals surface area contributed by atoms with Crippen LogP contribution in [0.4, 0.5) is 5.82 Å². The molecule has 0 saturated carbocycles. The van der Waals surface area contributed by atoms with E-state index in [-0.39, 0.29) is 12.5 Å². The SMILES string of the molecule is CCCN(CC(=O)OCC)c1ccc(C(=O)OC)c(C)n1. The number of pyridine rings is 1. The number of aromatic nitrogens is 1. The Labute approximate surface area is 125 Å². The normalized spacial score (nSPS) is 10.1. The third kappa shape index (κ3) is 4.73. The number of carbonyl (C=O) groups excluding carboxylic acids is 2. The molecule has 0 radical (unpaired) electrons. The fourth-order valence-electron chi connectivity index (χ4n) is 1.96. The third-order valence-corrected chi connectivity index (χ3v) is 2.92. The lowest BCUT2D eigenvalue weighted by atomic mass is 10.2. The van der Waals surface area contributed by atoms with Gasteiger partial charge in [-0.2, -0.15) is 0 Å². The maximum Gasteiger partial charge on any atom is 0.339 e. The second kappa shape index (κ2) is 8.24. The maximum atomic E-state index is 11.6. The predicted octanol–water partition coefficient (Wildman–Crippen LogP) is 1.96. The molecule has 0 spiro atoms. The number of methoxy groups -OCH3 is 1. The Balaban J connectivity index is 2.95. The van der Waals surface area contributed by atoms with Crippen LogP contribution >= 0.6 is 0 Å². The Morgan fingerprint density at radius 1 is 1.29 bits per heavy atom. The standard InChI is InChI=1S/C15H22N2O4/c1-5-9-17(10-14(18)21-6-2)13-8-7-12(11(3)16-13)15(19)20-4/h7-8H,5-6,9-10H2,1-4H3. The van der Waals surface area contributed by atoms with Crippen molar-refractivity contribution >= 4 is 17.8 Å². The molecule has 1 heterocycles. The summed E-state index contributed by atoms with van der Waals surface area (Å²) in [4.78, 5) is 29.4. The van der Waals surface area contributed by atoms with E-state index in [4.69, 9.17) is 9.47 Å². The Hall–Kier alpha value is -2.11. The molecule has 1 rings (SSSR count). The highest BCUT2D eigenvalue weighted by atomic mass is 16.5. The number of esters is 2. The van der Waals surface area contributed by atoms with Crippen molar-refractivity contribution in [2.24, 2.45) is 0 Å². The van der Waals surface area contributed by atoms with Crippen LogP contribution in [0.3, 0.4) is 0 Å². The van der Waals surface area contributed by atoms with Gasteiger partial charge in [-0.05, 0) is 32.4 Å². The lowest BCUT2D eigenvalue weighted by Crippen LogP contribution is -2.32. The molecule has 0 atom stereocenters. The Bertz CT molecular complexity index is 502. The van der Waals surface area contributed by atoms with Crippen LogP contribution in [-0.2, 0) is 14.3 Å². The van der Waals surface area contributed by atoms with Crippen LogP contribution in [0.25, 0.3) is 0 Å². The zero-order valence-electron chi connectivity index (χ0n) is 13.0. The van der Waals surface area contributed by atoms with Crippen LogP contribution in [0.1, 0.15) is 36.3 Å². The summed E-state index contributed by atoms with van der Waals surface area (Å²) in [6.07, 6.45) is 0.874. The summed E-state index contributed by atoms with van der Waals surface area (Å²) in [6, 6.07) is 3.38. The van der Waals surface area contributed by atoms with E-state index in [1.807, 2.05) is 11.8 Å². The van der Waals surface area contributed by atoms with Crippen molar-refractivity contribution in [3.63, 3.8) is 0 Å². The van der Waals surface area contributed by atoms with Crippen molar-refractivity contribution in [2.75, 3.05) is 31.7 Å². The summed E-state index contributed by atoms with van der Waals surface area (Å²) in [5, 5.41) is 0. The van der Waals surface area contributed by atoms with E-state index in [0.29, 0.717) is 30.2 Å². The minimum Gasteiger partial charge on any atom is -0.465 e. The van der Waals surface area contributed by atoms with E-state index in [1.165, 1.54) is 7.11 Å². The molecule has 0 aliphatic rings. The fourth-order valence-corrected chi connectivity index (χ4v) is 1.96. The van der Waals surface area contributed by atoms with Crippen molar-refractivity contribution in [2.45, 2.75) is 27.2 Å². The largest absolute Gasteiger partial charge is 0.465 e. The molecule has 1 aromatic heterocycles. The summed E-state index contributed by atoms with van der Waals surface area (Å²) in [5.41, 5.74) is 0.998. The van der Waals surface area contributed by atoms with Gasteiger partial charge in [0.15, 0.2) is 0 Å². The van der Waals surface area contributed by atoms with E-state index in [0.717, 1.165) is 6.42 Å². The fraction of sp³-hybridized carbons (Fsp3) is 0.533. The van der Waals surface area contributed by atoms with Crippen LogP contribution in [0, 0.1) is 6.92 Å². The van der Waals surface area contributed by atoms with Crippen molar-refractivity contribution in [3.05, 3.63) is 23.4 Å². The molecular formula is C15H22N2O4. The monoisotopic (exact) mass is 294 g/mol. The van der Waals surface area contributed by atoms with E-state index in [2.05, 4.69) is 4.98 Å². The highest BCUT2D eigenvalue weighted by Crippen LogP contribution is 2.16. The summed E-state index contributed by atoms with van der Waals surface area (Å²) in [7, 11) is 1.33.